The van der Waals surface area contributed by atoms with Gasteiger partial charge in [-0.2, -0.15) is 0 Å². The van der Waals surface area contributed by atoms with Crippen molar-refractivity contribution in [1.82, 2.24) is 20.3 Å². The van der Waals surface area contributed by atoms with Gasteiger partial charge in [0.15, 0.2) is 0 Å². The minimum atomic E-state index is -0.220. The molecule has 3 aromatic rings. The van der Waals surface area contributed by atoms with Gasteiger partial charge in [0.1, 0.15) is 12.5 Å². The Morgan fingerprint density at radius 3 is 2.73 bits per heavy atom. The predicted octanol–water partition coefficient (Wildman–Crippen LogP) is 2.92. The van der Waals surface area contributed by atoms with Crippen molar-refractivity contribution in [3.63, 3.8) is 0 Å². The zero-order valence-electron chi connectivity index (χ0n) is 17.0. The van der Waals surface area contributed by atoms with Gasteiger partial charge < -0.3 is 14.8 Å². The van der Waals surface area contributed by atoms with E-state index in [1.165, 1.54) is 0 Å². The van der Waals surface area contributed by atoms with E-state index >= 15 is 0 Å². The monoisotopic (exact) mass is 406 g/mol. The summed E-state index contributed by atoms with van der Waals surface area (Å²) in [6.07, 6.45) is 3.81. The number of nitrogens with zero attached hydrogens (tertiary/aromatic N) is 3. The van der Waals surface area contributed by atoms with Crippen LogP contribution in [-0.2, 0) is 29.1 Å². The fraction of sp³-hybridized carbons (Fsp3) is 0.348. The largest absolute Gasteiger partial charge is 0.497 e. The number of carbonyl (C=O) groups is 1. The summed E-state index contributed by atoms with van der Waals surface area (Å²) in [6.45, 7) is 0.683. The number of ether oxygens (including phenoxy) is 2. The first-order valence-corrected chi connectivity index (χ1v) is 10.2. The third-order valence-corrected chi connectivity index (χ3v) is 5.48. The van der Waals surface area contributed by atoms with E-state index in [-0.39, 0.29) is 17.9 Å². The molecule has 156 valence electrons. The Labute approximate surface area is 176 Å². The van der Waals surface area contributed by atoms with Crippen LogP contribution in [-0.4, -0.2) is 34.6 Å². The van der Waals surface area contributed by atoms with E-state index in [9.17, 15) is 4.79 Å². The van der Waals surface area contributed by atoms with Crippen molar-refractivity contribution >= 4 is 5.91 Å². The summed E-state index contributed by atoms with van der Waals surface area (Å²) in [6, 6.07) is 17.6. The molecule has 7 heteroatoms. The van der Waals surface area contributed by atoms with Crippen LogP contribution in [0, 0.1) is 5.92 Å². The topological polar surface area (TPSA) is 78.3 Å². The van der Waals surface area contributed by atoms with Gasteiger partial charge >= 0.3 is 0 Å². The van der Waals surface area contributed by atoms with Gasteiger partial charge in [-0.3, -0.25) is 4.79 Å². The highest BCUT2D eigenvalue weighted by molar-refractivity contribution is 5.79. The first-order chi connectivity index (χ1) is 14.7. The molecule has 0 aliphatic carbocycles. The highest BCUT2D eigenvalue weighted by atomic mass is 16.5. The summed E-state index contributed by atoms with van der Waals surface area (Å²) in [5, 5.41) is 11.4. The summed E-state index contributed by atoms with van der Waals surface area (Å²) in [5.74, 6) is 0.664. The molecule has 1 amide bonds. The van der Waals surface area contributed by atoms with Gasteiger partial charge in [-0.25, -0.2) is 4.68 Å². The quantitative estimate of drug-likeness (QED) is 0.721. The highest BCUT2D eigenvalue weighted by Crippen LogP contribution is 2.22. The van der Waals surface area contributed by atoms with Crippen LogP contribution in [0.25, 0.3) is 0 Å². The van der Waals surface area contributed by atoms with E-state index in [0.717, 1.165) is 22.6 Å². The number of methoxy groups -OCH3 is 1. The number of hydrogen-bond acceptors (Lipinski definition) is 5. The lowest BCUT2D eigenvalue weighted by Crippen LogP contribution is -2.37. The molecule has 0 spiro atoms. The molecule has 1 aliphatic rings. The number of amides is 1. The van der Waals surface area contributed by atoms with Gasteiger partial charge in [0, 0.05) is 5.92 Å². The summed E-state index contributed by atoms with van der Waals surface area (Å²) in [7, 11) is 1.65. The third-order valence-electron chi connectivity index (χ3n) is 5.48. The summed E-state index contributed by atoms with van der Waals surface area (Å²) in [5.41, 5.74) is 3.10. The molecule has 7 nitrogen and oxygen atoms in total. The molecule has 0 bridgehead atoms. The van der Waals surface area contributed by atoms with Crippen LogP contribution in [0.15, 0.2) is 60.8 Å². The molecule has 2 aromatic carbocycles. The van der Waals surface area contributed by atoms with Gasteiger partial charge in [-0.05, 0) is 42.5 Å². The number of fused-ring (bicyclic) bond motifs is 1. The number of hydrogen-bond donors (Lipinski definition) is 1. The van der Waals surface area contributed by atoms with E-state index in [4.69, 9.17) is 9.47 Å². The van der Waals surface area contributed by atoms with Crippen LogP contribution >= 0.6 is 0 Å². The number of aryl methyl sites for hydroxylation is 1. The Hall–Kier alpha value is -3.19. The maximum absolute atomic E-state index is 13.3. The van der Waals surface area contributed by atoms with Gasteiger partial charge in [-0.1, -0.05) is 47.7 Å². The Balaban J connectivity index is 1.58. The second kappa shape index (κ2) is 9.54. The van der Waals surface area contributed by atoms with Gasteiger partial charge in [-0.15, -0.1) is 5.10 Å². The lowest BCUT2D eigenvalue weighted by molar-refractivity contribution is -0.126. The molecular formula is C23H26N4O3. The molecule has 2 heterocycles. The Kier molecular flexibility index (Phi) is 6.39. The van der Waals surface area contributed by atoms with E-state index in [1.807, 2.05) is 54.6 Å². The van der Waals surface area contributed by atoms with Crippen LogP contribution in [0.1, 0.15) is 29.3 Å². The zero-order valence-corrected chi connectivity index (χ0v) is 17.0. The van der Waals surface area contributed by atoms with E-state index in [0.29, 0.717) is 32.6 Å². The smallest absolute Gasteiger partial charge is 0.224 e. The molecule has 30 heavy (non-hydrogen) atoms. The van der Waals surface area contributed by atoms with Crippen LogP contribution in [0.4, 0.5) is 0 Å². The first-order valence-electron chi connectivity index (χ1n) is 10.2. The normalized spacial score (nSPS) is 20.0. The minimum absolute atomic E-state index is 0.0317. The Morgan fingerprint density at radius 2 is 1.97 bits per heavy atom. The maximum Gasteiger partial charge on any atom is 0.224 e. The second-order valence-electron chi connectivity index (χ2n) is 7.48. The first kappa shape index (κ1) is 20.1. The Morgan fingerprint density at radius 1 is 1.17 bits per heavy atom. The lowest BCUT2D eigenvalue weighted by atomic mass is 9.92. The molecule has 0 fully saturated rings. The fourth-order valence-corrected chi connectivity index (χ4v) is 3.73. The van der Waals surface area contributed by atoms with E-state index in [1.54, 1.807) is 18.0 Å². The van der Waals surface area contributed by atoms with Gasteiger partial charge in [0.05, 0.1) is 31.6 Å². The SMILES string of the molecule is COc1ccc(C[C@H]2CCc3cnnn3COC[C@H](c3ccccc3)NC2=O)cc1. The average Bonchev–Trinajstić information content (AvgIpc) is 3.23. The van der Waals surface area contributed by atoms with Crippen molar-refractivity contribution in [2.24, 2.45) is 5.92 Å². The van der Waals surface area contributed by atoms with Crippen molar-refractivity contribution in [3.05, 3.63) is 77.6 Å². The molecule has 0 unspecified atom stereocenters. The molecule has 2 atom stereocenters. The molecule has 4 rings (SSSR count). The zero-order chi connectivity index (χ0) is 20.8. The van der Waals surface area contributed by atoms with Crippen molar-refractivity contribution in [3.8, 4) is 5.75 Å². The van der Waals surface area contributed by atoms with Gasteiger partial charge in [0.2, 0.25) is 5.91 Å². The standard InChI is InChI=1S/C23H26N4O3/c1-29-21-11-7-17(8-12-21)13-19-9-10-20-14-24-26-27(20)16-30-15-22(25-23(19)28)18-5-3-2-4-6-18/h2-8,11-12,14,19,22H,9-10,13,15-16H2,1H3,(H,25,28)/t19-,22-/m1/s1. The van der Waals surface area contributed by atoms with Crippen LogP contribution in [0.2, 0.25) is 0 Å². The average molecular weight is 406 g/mol. The molecule has 0 radical (unpaired) electrons. The molecule has 0 saturated carbocycles. The molecule has 1 aromatic heterocycles. The third kappa shape index (κ3) is 4.86. The van der Waals surface area contributed by atoms with Crippen molar-refractivity contribution < 1.29 is 14.3 Å². The predicted molar refractivity (Wildman–Crippen MR) is 112 cm³/mol. The highest BCUT2D eigenvalue weighted by Gasteiger charge is 2.25. The van der Waals surface area contributed by atoms with Crippen molar-refractivity contribution in [2.45, 2.75) is 32.0 Å². The number of rotatable bonds is 4. The van der Waals surface area contributed by atoms with Crippen LogP contribution in [0.3, 0.4) is 0 Å². The second-order valence-corrected chi connectivity index (χ2v) is 7.48. The number of aromatic nitrogens is 3. The van der Waals surface area contributed by atoms with Crippen LogP contribution < -0.4 is 10.1 Å². The minimum Gasteiger partial charge on any atom is -0.497 e. The number of carbonyl (C=O) groups excluding carboxylic acids is 1. The Bertz CT molecular complexity index is 956. The summed E-state index contributed by atoms with van der Waals surface area (Å²) >= 11 is 0. The number of nitrogens with one attached hydrogen (secondary N) is 1. The van der Waals surface area contributed by atoms with Crippen molar-refractivity contribution in [1.29, 1.82) is 0 Å². The molecule has 1 aliphatic heterocycles. The molecular weight excluding hydrogens is 380 g/mol. The number of benzene rings is 2. The van der Waals surface area contributed by atoms with Gasteiger partial charge in [0.25, 0.3) is 0 Å². The summed E-state index contributed by atoms with van der Waals surface area (Å²) < 4.78 is 12.9. The lowest BCUT2D eigenvalue weighted by Gasteiger charge is -2.22. The fourth-order valence-electron chi connectivity index (χ4n) is 3.73. The molecule has 0 saturated heterocycles. The summed E-state index contributed by atoms with van der Waals surface area (Å²) in [4.78, 5) is 13.3. The molecule has 1 N–H and O–H groups in total. The van der Waals surface area contributed by atoms with E-state index in [2.05, 4.69) is 15.6 Å². The van der Waals surface area contributed by atoms with Crippen LogP contribution in [0.5, 0.6) is 5.75 Å². The maximum atomic E-state index is 13.3. The van der Waals surface area contributed by atoms with Crippen molar-refractivity contribution in [2.75, 3.05) is 13.7 Å². The van der Waals surface area contributed by atoms with E-state index < -0.39 is 0 Å².